The van der Waals surface area contributed by atoms with Crippen molar-refractivity contribution in [2.75, 3.05) is 18.6 Å². The fourth-order valence-electron chi connectivity index (χ4n) is 1.86. The standard InChI is InChI=1S/C14H21NO2S/c1-11(10-18-2)8-15-9-13-6-4-3-5-12(13)7-14(16)17/h3-6,11,15H,7-10H2,1-2H3,(H,16,17). The van der Waals surface area contributed by atoms with Crippen LogP contribution in [0.15, 0.2) is 24.3 Å². The van der Waals surface area contributed by atoms with E-state index in [1.54, 1.807) is 0 Å². The lowest BCUT2D eigenvalue weighted by Crippen LogP contribution is -2.22. The first-order chi connectivity index (χ1) is 8.63. The third kappa shape index (κ3) is 5.56. The summed E-state index contributed by atoms with van der Waals surface area (Å²) in [4.78, 5) is 10.8. The largest absolute Gasteiger partial charge is 0.481 e. The molecule has 0 aliphatic carbocycles. The molecule has 0 saturated carbocycles. The topological polar surface area (TPSA) is 49.3 Å². The second-order valence-corrected chi connectivity index (χ2v) is 5.44. The summed E-state index contributed by atoms with van der Waals surface area (Å²) in [6.07, 6.45) is 2.21. The van der Waals surface area contributed by atoms with Gasteiger partial charge < -0.3 is 10.4 Å². The summed E-state index contributed by atoms with van der Waals surface area (Å²) >= 11 is 1.85. The monoisotopic (exact) mass is 267 g/mol. The minimum atomic E-state index is -0.779. The van der Waals surface area contributed by atoms with Gasteiger partial charge in [0.25, 0.3) is 0 Å². The summed E-state index contributed by atoms with van der Waals surface area (Å²) in [5, 5.41) is 12.2. The van der Waals surface area contributed by atoms with E-state index in [0.29, 0.717) is 5.92 Å². The second kappa shape index (κ2) is 8.16. The van der Waals surface area contributed by atoms with Crippen LogP contribution in [0, 0.1) is 5.92 Å². The normalized spacial score (nSPS) is 12.3. The van der Waals surface area contributed by atoms with E-state index in [4.69, 9.17) is 5.11 Å². The first-order valence-electron chi connectivity index (χ1n) is 6.11. The van der Waals surface area contributed by atoms with Gasteiger partial charge in [-0.05, 0) is 35.6 Å². The van der Waals surface area contributed by atoms with E-state index in [1.807, 2.05) is 36.0 Å². The molecule has 4 heteroatoms. The van der Waals surface area contributed by atoms with E-state index in [0.717, 1.165) is 30.0 Å². The average molecular weight is 267 g/mol. The molecule has 0 aromatic heterocycles. The van der Waals surface area contributed by atoms with Gasteiger partial charge in [0.2, 0.25) is 0 Å². The number of hydrogen-bond donors (Lipinski definition) is 2. The number of rotatable bonds is 8. The van der Waals surface area contributed by atoms with Gasteiger partial charge in [-0.3, -0.25) is 4.79 Å². The Bertz CT molecular complexity index is 382. The van der Waals surface area contributed by atoms with Gasteiger partial charge in [0.1, 0.15) is 0 Å². The maximum atomic E-state index is 10.8. The number of carboxylic acids is 1. The van der Waals surface area contributed by atoms with Crippen LogP contribution in [0.25, 0.3) is 0 Å². The quantitative estimate of drug-likeness (QED) is 0.759. The van der Waals surface area contributed by atoms with Crippen molar-refractivity contribution < 1.29 is 9.90 Å². The van der Waals surface area contributed by atoms with Crippen molar-refractivity contribution in [2.45, 2.75) is 19.9 Å². The summed E-state index contributed by atoms with van der Waals surface area (Å²) < 4.78 is 0. The molecule has 0 aliphatic rings. The molecular formula is C14H21NO2S. The molecule has 100 valence electrons. The zero-order chi connectivity index (χ0) is 13.4. The third-order valence-electron chi connectivity index (χ3n) is 2.72. The lowest BCUT2D eigenvalue weighted by atomic mass is 10.0. The van der Waals surface area contributed by atoms with Crippen molar-refractivity contribution in [3.63, 3.8) is 0 Å². The van der Waals surface area contributed by atoms with E-state index in [9.17, 15) is 4.79 Å². The van der Waals surface area contributed by atoms with Gasteiger partial charge in [-0.2, -0.15) is 11.8 Å². The zero-order valence-corrected chi connectivity index (χ0v) is 11.8. The fraction of sp³-hybridized carbons (Fsp3) is 0.500. The predicted molar refractivity (Wildman–Crippen MR) is 77.0 cm³/mol. The van der Waals surface area contributed by atoms with Crippen LogP contribution < -0.4 is 5.32 Å². The van der Waals surface area contributed by atoms with Crippen LogP contribution in [0.4, 0.5) is 0 Å². The number of hydrogen-bond acceptors (Lipinski definition) is 3. The third-order valence-corrected chi connectivity index (χ3v) is 3.62. The molecule has 0 saturated heterocycles. The van der Waals surface area contributed by atoms with Crippen molar-refractivity contribution >= 4 is 17.7 Å². The van der Waals surface area contributed by atoms with Crippen LogP contribution in [0.2, 0.25) is 0 Å². The lowest BCUT2D eigenvalue weighted by Gasteiger charge is -2.13. The summed E-state index contributed by atoms with van der Waals surface area (Å²) in [5.41, 5.74) is 1.98. The molecule has 2 N–H and O–H groups in total. The zero-order valence-electron chi connectivity index (χ0n) is 11.0. The van der Waals surface area contributed by atoms with E-state index in [2.05, 4.69) is 18.5 Å². The number of aliphatic carboxylic acids is 1. The molecule has 0 radical (unpaired) electrons. The highest BCUT2D eigenvalue weighted by Gasteiger charge is 2.06. The number of carbonyl (C=O) groups is 1. The molecule has 1 aromatic rings. The van der Waals surface area contributed by atoms with Crippen molar-refractivity contribution in [3.05, 3.63) is 35.4 Å². The molecular weight excluding hydrogens is 246 g/mol. The van der Waals surface area contributed by atoms with Crippen molar-refractivity contribution in [1.82, 2.24) is 5.32 Å². The minimum absolute atomic E-state index is 0.0955. The molecule has 1 atom stereocenters. The van der Waals surface area contributed by atoms with Crippen LogP contribution in [-0.4, -0.2) is 29.6 Å². The Balaban J connectivity index is 2.48. The fourth-order valence-corrected chi connectivity index (χ4v) is 2.55. The summed E-state index contributed by atoms with van der Waals surface area (Å²) in [6.45, 7) is 3.91. The van der Waals surface area contributed by atoms with E-state index in [1.165, 1.54) is 0 Å². The Morgan fingerprint density at radius 1 is 1.39 bits per heavy atom. The minimum Gasteiger partial charge on any atom is -0.481 e. The Hall–Kier alpha value is -1.00. The van der Waals surface area contributed by atoms with Crippen LogP contribution in [0.1, 0.15) is 18.1 Å². The van der Waals surface area contributed by atoms with Crippen LogP contribution in [0.5, 0.6) is 0 Å². The molecule has 0 amide bonds. The first kappa shape index (κ1) is 15.1. The van der Waals surface area contributed by atoms with Crippen molar-refractivity contribution in [3.8, 4) is 0 Å². The van der Waals surface area contributed by atoms with Crippen LogP contribution in [0.3, 0.4) is 0 Å². The second-order valence-electron chi connectivity index (χ2n) is 4.53. The van der Waals surface area contributed by atoms with E-state index in [-0.39, 0.29) is 6.42 Å². The van der Waals surface area contributed by atoms with E-state index >= 15 is 0 Å². The van der Waals surface area contributed by atoms with Crippen molar-refractivity contribution in [1.29, 1.82) is 0 Å². The molecule has 0 fully saturated rings. The van der Waals surface area contributed by atoms with Crippen molar-refractivity contribution in [2.24, 2.45) is 5.92 Å². The Morgan fingerprint density at radius 2 is 2.06 bits per heavy atom. The molecule has 3 nitrogen and oxygen atoms in total. The van der Waals surface area contributed by atoms with Gasteiger partial charge in [0.15, 0.2) is 0 Å². The van der Waals surface area contributed by atoms with Crippen LogP contribution >= 0.6 is 11.8 Å². The highest BCUT2D eigenvalue weighted by molar-refractivity contribution is 7.98. The highest BCUT2D eigenvalue weighted by atomic mass is 32.2. The number of carboxylic acid groups (broad SMARTS) is 1. The number of thioether (sulfide) groups is 1. The molecule has 1 aromatic carbocycles. The summed E-state index contributed by atoms with van der Waals surface area (Å²) in [6, 6.07) is 7.72. The van der Waals surface area contributed by atoms with Gasteiger partial charge >= 0.3 is 5.97 Å². The van der Waals surface area contributed by atoms with Crippen LogP contribution in [-0.2, 0) is 17.8 Å². The molecule has 1 unspecified atom stereocenters. The smallest absolute Gasteiger partial charge is 0.307 e. The van der Waals surface area contributed by atoms with Gasteiger partial charge in [-0.15, -0.1) is 0 Å². The molecule has 1 rings (SSSR count). The molecule has 0 aliphatic heterocycles. The maximum Gasteiger partial charge on any atom is 0.307 e. The van der Waals surface area contributed by atoms with Gasteiger partial charge in [-0.1, -0.05) is 31.2 Å². The summed E-state index contributed by atoms with van der Waals surface area (Å²) in [7, 11) is 0. The summed E-state index contributed by atoms with van der Waals surface area (Å²) in [5.74, 6) is 0.994. The van der Waals surface area contributed by atoms with Gasteiger partial charge in [0.05, 0.1) is 6.42 Å². The Kier molecular flexibility index (Phi) is 6.83. The molecule has 0 heterocycles. The van der Waals surface area contributed by atoms with E-state index < -0.39 is 5.97 Å². The molecule has 0 spiro atoms. The number of nitrogens with one attached hydrogen (secondary N) is 1. The Morgan fingerprint density at radius 3 is 2.67 bits per heavy atom. The SMILES string of the molecule is CSCC(C)CNCc1ccccc1CC(=O)O. The highest BCUT2D eigenvalue weighted by Crippen LogP contribution is 2.10. The van der Waals surface area contributed by atoms with Gasteiger partial charge in [-0.25, -0.2) is 0 Å². The van der Waals surface area contributed by atoms with Gasteiger partial charge in [0, 0.05) is 6.54 Å². The maximum absolute atomic E-state index is 10.8. The molecule has 18 heavy (non-hydrogen) atoms. The predicted octanol–water partition coefficient (Wildman–Crippen LogP) is 2.40. The Labute approximate surface area is 113 Å². The molecule has 0 bridgehead atoms. The average Bonchev–Trinajstić information content (AvgIpc) is 2.31. The lowest BCUT2D eigenvalue weighted by molar-refractivity contribution is -0.136. The number of benzene rings is 1. The first-order valence-corrected chi connectivity index (χ1v) is 7.51.